The molecule has 5 heterocycles. The maximum atomic E-state index is 12.6. The number of anilines is 4. The Balaban J connectivity index is 1.09. The number of piperidine rings is 1. The molecule has 1 atom stereocenters. The maximum Gasteiger partial charge on any atom is 0.271 e. The molecule has 1 saturated carbocycles. The Morgan fingerprint density at radius 1 is 0.955 bits per heavy atom. The second-order valence-electron chi connectivity index (χ2n) is 12.8. The van der Waals surface area contributed by atoms with Gasteiger partial charge in [-0.15, -0.1) is 0 Å². The summed E-state index contributed by atoms with van der Waals surface area (Å²) in [5.41, 5.74) is 9.23. The lowest BCUT2D eigenvalue weighted by atomic mass is 9.92. The Kier molecular flexibility index (Phi) is 8.09. The van der Waals surface area contributed by atoms with Crippen molar-refractivity contribution >= 4 is 28.9 Å². The molecule has 0 bridgehead atoms. The van der Waals surface area contributed by atoms with Crippen LogP contribution in [0, 0.1) is 5.41 Å². The molecule has 1 aromatic carbocycles. The summed E-state index contributed by atoms with van der Waals surface area (Å²) in [6.07, 6.45) is 7.23. The number of primary amides is 1. The summed E-state index contributed by atoms with van der Waals surface area (Å²) in [4.78, 5) is 34.4. The molecule has 1 spiro atoms. The molecule has 44 heavy (non-hydrogen) atoms. The van der Waals surface area contributed by atoms with Crippen molar-refractivity contribution < 1.29 is 9.53 Å². The van der Waals surface area contributed by atoms with Crippen LogP contribution < -0.4 is 21.3 Å². The first kappa shape index (κ1) is 28.9. The number of benzene rings is 1. The minimum Gasteiger partial charge on any atom is -0.381 e. The third-order valence-corrected chi connectivity index (χ3v) is 9.93. The Bertz CT molecular complexity index is 1450. The zero-order chi connectivity index (χ0) is 30.1. The highest BCUT2D eigenvalue weighted by Gasteiger charge is 2.51. The van der Waals surface area contributed by atoms with Crippen molar-refractivity contribution in [2.45, 2.75) is 44.2 Å². The number of hydrogen-bond donors (Lipinski definition) is 3. The lowest BCUT2D eigenvalue weighted by molar-refractivity contribution is 0.0351. The largest absolute Gasteiger partial charge is 0.381 e. The normalized spacial score (nSPS) is 22.6. The monoisotopic (exact) mass is 597 g/mol. The molecule has 232 valence electrons. The highest BCUT2D eigenvalue weighted by atomic mass is 16.5. The van der Waals surface area contributed by atoms with E-state index in [-0.39, 0.29) is 17.2 Å². The smallest absolute Gasteiger partial charge is 0.271 e. The van der Waals surface area contributed by atoms with Gasteiger partial charge in [-0.25, -0.2) is 9.97 Å². The number of nitrogens with one attached hydrogen (secondary N) is 2. The number of nitrogens with two attached hydrogens (primary N) is 1. The quantitative estimate of drug-likeness (QED) is 0.355. The molecule has 4 aliphatic rings. The van der Waals surface area contributed by atoms with Gasteiger partial charge in [-0.2, -0.15) is 0 Å². The van der Waals surface area contributed by atoms with Crippen LogP contribution in [0.15, 0.2) is 48.7 Å². The predicted octanol–water partition coefficient (Wildman–Crippen LogP) is 3.58. The number of hydrogen-bond acceptors (Lipinski definition) is 10. The number of carbonyl (C=O) groups excluding carboxylic acids is 1. The van der Waals surface area contributed by atoms with Gasteiger partial charge in [-0.3, -0.25) is 14.7 Å². The first-order chi connectivity index (χ1) is 21.5. The van der Waals surface area contributed by atoms with Gasteiger partial charge in [0.1, 0.15) is 5.69 Å². The summed E-state index contributed by atoms with van der Waals surface area (Å²) in [6.45, 7) is 8.24. The highest BCUT2D eigenvalue weighted by Crippen LogP contribution is 2.52. The van der Waals surface area contributed by atoms with Gasteiger partial charge in [0.2, 0.25) is 0 Å². The number of carbonyl (C=O) groups is 1. The number of pyridine rings is 1. The van der Waals surface area contributed by atoms with Gasteiger partial charge >= 0.3 is 0 Å². The van der Waals surface area contributed by atoms with Crippen LogP contribution in [0.1, 0.15) is 42.6 Å². The third kappa shape index (κ3) is 6.09. The zero-order valence-corrected chi connectivity index (χ0v) is 25.5. The summed E-state index contributed by atoms with van der Waals surface area (Å²) < 4.78 is 5.80. The number of nitrogens with zero attached hydrogens (tertiary/aromatic N) is 6. The molecule has 11 nitrogen and oxygen atoms in total. The molecule has 7 rings (SSSR count). The van der Waals surface area contributed by atoms with E-state index in [9.17, 15) is 4.79 Å². The Morgan fingerprint density at radius 2 is 1.73 bits per heavy atom. The molecule has 4 fully saturated rings. The minimum atomic E-state index is -0.645. The number of likely N-dealkylation sites (N-methyl/N-ethyl adjacent to an activating group) is 1. The third-order valence-electron chi connectivity index (χ3n) is 9.93. The molecule has 1 aliphatic carbocycles. The van der Waals surface area contributed by atoms with E-state index < -0.39 is 5.91 Å². The van der Waals surface area contributed by atoms with Crippen molar-refractivity contribution in [3.05, 3.63) is 54.4 Å². The topological polar surface area (TPSA) is 125 Å². The summed E-state index contributed by atoms with van der Waals surface area (Å²) in [6, 6.07) is 14.9. The Hall–Kier alpha value is -3.80. The second kappa shape index (κ2) is 12.3. The molecule has 11 heteroatoms. The van der Waals surface area contributed by atoms with Crippen LogP contribution in [0.4, 0.5) is 23.0 Å². The van der Waals surface area contributed by atoms with E-state index in [1.54, 1.807) is 6.20 Å². The molecule has 1 amide bonds. The van der Waals surface area contributed by atoms with Crippen LogP contribution in [-0.4, -0.2) is 102 Å². The summed E-state index contributed by atoms with van der Waals surface area (Å²) in [5, 5.41) is 7.02. The van der Waals surface area contributed by atoms with E-state index in [2.05, 4.69) is 49.5 Å². The van der Waals surface area contributed by atoms with Crippen LogP contribution >= 0.6 is 0 Å². The maximum absolute atomic E-state index is 12.6. The Labute approximate surface area is 259 Å². The van der Waals surface area contributed by atoms with E-state index in [1.165, 1.54) is 31.6 Å². The van der Waals surface area contributed by atoms with Crippen LogP contribution in [0.2, 0.25) is 0 Å². The molecule has 1 unspecified atom stereocenters. The van der Waals surface area contributed by atoms with Crippen molar-refractivity contribution in [3.63, 3.8) is 0 Å². The molecular weight excluding hydrogens is 554 g/mol. The number of ether oxygens (including phenoxy) is 1. The van der Waals surface area contributed by atoms with Gasteiger partial charge in [0.25, 0.3) is 5.91 Å². The molecular formula is C33H43N9O2. The Morgan fingerprint density at radius 3 is 2.41 bits per heavy atom. The number of amides is 1. The predicted molar refractivity (Wildman–Crippen MR) is 172 cm³/mol. The lowest BCUT2D eigenvalue weighted by Gasteiger charge is -2.42. The molecule has 2 aromatic heterocycles. The van der Waals surface area contributed by atoms with E-state index in [0.29, 0.717) is 35.7 Å². The molecule has 0 radical (unpaired) electrons. The van der Waals surface area contributed by atoms with Gasteiger partial charge < -0.3 is 30.9 Å². The number of piperazine rings is 1. The van der Waals surface area contributed by atoms with Crippen LogP contribution in [0.25, 0.3) is 11.4 Å². The summed E-state index contributed by atoms with van der Waals surface area (Å²) in [7, 11) is 2.21. The van der Waals surface area contributed by atoms with Crippen molar-refractivity contribution in [1.29, 1.82) is 0 Å². The molecule has 4 N–H and O–H groups in total. The summed E-state index contributed by atoms with van der Waals surface area (Å²) >= 11 is 0. The average molecular weight is 598 g/mol. The minimum absolute atomic E-state index is 0.0828. The standard InChI is InChI=1S/C33H43N9O2/c1-40-17-19-42(20-18-40)25-9-15-41(16-10-25)24-7-5-23(6-8-24)36-32-29(30(34)43)38-28(26-4-2-3-14-35-26)31(39-32)37-27-11-21-44-22-33(27)12-13-33/h2-8,14,25,27H,9-13,15-22H2,1H3,(H2,34,43)(H2,36,37,39). The van der Waals surface area contributed by atoms with E-state index in [4.69, 9.17) is 20.4 Å². The van der Waals surface area contributed by atoms with E-state index in [1.807, 2.05) is 30.3 Å². The fraction of sp³-hybridized carbons (Fsp3) is 0.515. The second-order valence-corrected chi connectivity index (χ2v) is 12.8. The highest BCUT2D eigenvalue weighted by molar-refractivity contribution is 5.97. The van der Waals surface area contributed by atoms with Gasteiger partial charge in [0.15, 0.2) is 17.3 Å². The average Bonchev–Trinajstić information content (AvgIpc) is 3.83. The summed E-state index contributed by atoms with van der Waals surface area (Å²) in [5.74, 6) is 0.278. The van der Waals surface area contributed by atoms with Crippen LogP contribution in [0.5, 0.6) is 0 Å². The van der Waals surface area contributed by atoms with Crippen molar-refractivity contribution in [2.75, 3.05) is 75.1 Å². The molecule has 3 aliphatic heterocycles. The van der Waals surface area contributed by atoms with E-state index in [0.717, 1.165) is 57.7 Å². The van der Waals surface area contributed by atoms with Crippen molar-refractivity contribution in [3.8, 4) is 11.4 Å². The lowest BCUT2D eigenvalue weighted by Crippen LogP contribution is -2.52. The van der Waals surface area contributed by atoms with Gasteiger partial charge in [-0.1, -0.05) is 6.07 Å². The SMILES string of the molecule is CN1CCN(C2CCN(c3ccc(Nc4nc(NC5CCOCC56CC6)c(-c5ccccn5)nc4C(N)=O)cc3)CC2)CC1. The van der Waals surface area contributed by atoms with Gasteiger partial charge in [0.05, 0.1) is 12.3 Å². The van der Waals surface area contributed by atoms with Crippen LogP contribution in [0.3, 0.4) is 0 Å². The fourth-order valence-corrected chi connectivity index (χ4v) is 6.97. The number of aromatic nitrogens is 3. The fourth-order valence-electron chi connectivity index (χ4n) is 6.97. The van der Waals surface area contributed by atoms with Crippen molar-refractivity contribution in [2.24, 2.45) is 11.1 Å². The van der Waals surface area contributed by atoms with Crippen molar-refractivity contribution in [1.82, 2.24) is 24.8 Å². The zero-order valence-electron chi connectivity index (χ0n) is 25.5. The first-order valence-corrected chi connectivity index (χ1v) is 16.0. The van der Waals surface area contributed by atoms with E-state index >= 15 is 0 Å². The van der Waals surface area contributed by atoms with Gasteiger partial charge in [0, 0.05) is 80.9 Å². The van der Waals surface area contributed by atoms with Gasteiger partial charge in [-0.05, 0) is 75.5 Å². The molecule has 3 aromatic rings. The molecule has 3 saturated heterocycles. The van der Waals surface area contributed by atoms with Crippen LogP contribution in [-0.2, 0) is 4.74 Å². The first-order valence-electron chi connectivity index (χ1n) is 16.0. The number of rotatable bonds is 8.